The summed E-state index contributed by atoms with van der Waals surface area (Å²) in [5.41, 5.74) is 4.93. The van der Waals surface area contributed by atoms with Gasteiger partial charge in [-0.05, 0) is 6.92 Å². The van der Waals surface area contributed by atoms with Crippen molar-refractivity contribution in [3.8, 4) is 0 Å². The summed E-state index contributed by atoms with van der Waals surface area (Å²) >= 11 is 0. The smallest absolute Gasteiger partial charge is 0.376 e. The highest BCUT2D eigenvalue weighted by atomic mass is 16.4. The number of rotatable bonds is 3. The normalized spacial score (nSPS) is 14.2. The number of carboxylic acids is 1. The van der Waals surface area contributed by atoms with E-state index in [1.807, 2.05) is 0 Å². The van der Waals surface area contributed by atoms with Crippen molar-refractivity contribution < 1.29 is 19.8 Å². The summed E-state index contributed by atoms with van der Waals surface area (Å²) in [4.78, 5) is 20.3. The molecule has 0 amide bonds. The van der Waals surface area contributed by atoms with Crippen molar-refractivity contribution in [2.24, 2.45) is 5.73 Å². The number of hydrogen-bond donors (Lipinski definition) is 3. The Bertz CT molecular complexity index is 207. The van der Waals surface area contributed by atoms with Crippen LogP contribution < -0.4 is 5.73 Å². The highest BCUT2D eigenvalue weighted by Crippen LogP contribution is 1.92. The van der Waals surface area contributed by atoms with Crippen LogP contribution >= 0.6 is 0 Å². The van der Waals surface area contributed by atoms with Crippen molar-refractivity contribution >= 4 is 11.8 Å². The van der Waals surface area contributed by atoms with Crippen LogP contribution in [0.2, 0.25) is 0 Å². The molecule has 0 aromatic heterocycles. The molecule has 5 nitrogen and oxygen atoms in total. The fraction of sp³-hybridized carbons (Fsp3) is 0.333. The molecule has 0 aliphatic rings. The third kappa shape index (κ3) is 3.36. The molecule has 0 spiro atoms. The topological polar surface area (TPSA) is 101 Å². The van der Waals surface area contributed by atoms with Gasteiger partial charge in [-0.3, -0.25) is 4.79 Å². The summed E-state index contributed by atoms with van der Waals surface area (Å²) in [7, 11) is 0. The Kier molecular flexibility index (Phi) is 3.26. The number of aliphatic hydroxyl groups excluding tert-OH is 1. The molecule has 1 atom stereocenters. The van der Waals surface area contributed by atoms with Crippen molar-refractivity contribution in [3.63, 3.8) is 0 Å². The van der Waals surface area contributed by atoms with E-state index in [-0.39, 0.29) is 5.70 Å². The molecule has 0 saturated carbocycles. The molecule has 4 N–H and O–H groups in total. The molecule has 0 aromatic carbocycles. The lowest BCUT2D eigenvalue weighted by molar-refractivity contribution is -0.146. The van der Waals surface area contributed by atoms with Gasteiger partial charge in [0.25, 0.3) is 5.78 Å². The number of nitrogens with two attached hydrogens (primary N) is 1. The maximum absolute atomic E-state index is 10.4. The molecule has 1 unspecified atom stereocenters. The van der Waals surface area contributed by atoms with Crippen LogP contribution in [0.15, 0.2) is 11.8 Å². The fourth-order valence-electron chi connectivity index (χ4n) is 0.334. The number of aliphatic hydroxyl groups is 1. The van der Waals surface area contributed by atoms with Crippen LogP contribution in [0.1, 0.15) is 6.92 Å². The zero-order chi connectivity index (χ0) is 9.02. The van der Waals surface area contributed by atoms with E-state index in [0.29, 0.717) is 6.08 Å². The largest absolute Gasteiger partial charge is 0.475 e. The Morgan fingerprint density at radius 3 is 2.27 bits per heavy atom. The third-order valence-electron chi connectivity index (χ3n) is 0.991. The lowest BCUT2D eigenvalue weighted by atomic mass is 10.2. The summed E-state index contributed by atoms with van der Waals surface area (Å²) < 4.78 is 0. The van der Waals surface area contributed by atoms with Crippen LogP contribution in [-0.4, -0.2) is 28.1 Å². The van der Waals surface area contributed by atoms with Gasteiger partial charge in [-0.25, -0.2) is 4.79 Å². The molecule has 62 valence electrons. The Labute approximate surface area is 63.1 Å². The first-order valence-electron chi connectivity index (χ1n) is 2.87. The molecular formula is C6H9NO4. The van der Waals surface area contributed by atoms with Crippen LogP contribution in [-0.2, 0) is 9.59 Å². The van der Waals surface area contributed by atoms with E-state index in [9.17, 15) is 9.59 Å². The van der Waals surface area contributed by atoms with Crippen molar-refractivity contribution in [3.05, 3.63) is 11.8 Å². The maximum Gasteiger partial charge on any atom is 0.376 e. The van der Waals surface area contributed by atoms with Crippen molar-refractivity contribution in [1.29, 1.82) is 0 Å². The van der Waals surface area contributed by atoms with Gasteiger partial charge in [-0.15, -0.1) is 0 Å². The first-order chi connectivity index (χ1) is 4.95. The standard InChI is InChI=1S/C6H9NO4/c1-3(8)4(7)2-5(9)6(10)11/h2-3,8H,7H2,1H3,(H,10,11). The minimum Gasteiger partial charge on any atom is -0.475 e. The van der Waals surface area contributed by atoms with Crippen molar-refractivity contribution in [2.75, 3.05) is 0 Å². The molecule has 0 bridgehead atoms. The van der Waals surface area contributed by atoms with Gasteiger partial charge < -0.3 is 15.9 Å². The van der Waals surface area contributed by atoms with E-state index in [1.165, 1.54) is 6.92 Å². The van der Waals surface area contributed by atoms with E-state index in [0.717, 1.165) is 0 Å². The first kappa shape index (κ1) is 9.64. The summed E-state index contributed by atoms with van der Waals surface area (Å²) in [6.45, 7) is 1.33. The molecule has 0 aliphatic carbocycles. The number of carbonyl (C=O) groups is 2. The van der Waals surface area contributed by atoms with Crippen LogP contribution in [0.4, 0.5) is 0 Å². The minimum atomic E-state index is -1.59. The van der Waals surface area contributed by atoms with Gasteiger partial charge in [-0.2, -0.15) is 0 Å². The molecule has 0 fully saturated rings. The Morgan fingerprint density at radius 1 is 1.55 bits per heavy atom. The molecule has 0 saturated heterocycles. The molecule has 0 aromatic rings. The Morgan fingerprint density at radius 2 is 2.00 bits per heavy atom. The van der Waals surface area contributed by atoms with E-state index in [1.54, 1.807) is 0 Å². The second-order valence-corrected chi connectivity index (χ2v) is 1.99. The van der Waals surface area contributed by atoms with E-state index in [4.69, 9.17) is 15.9 Å². The molecule has 0 radical (unpaired) electrons. The lowest BCUT2D eigenvalue weighted by Gasteiger charge is -2.01. The second-order valence-electron chi connectivity index (χ2n) is 1.99. The fourth-order valence-corrected chi connectivity index (χ4v) is 0.334. The summed E-state index contributed by atoms with van der Waals surface area (Å²) in [6, 6.07) is 0. The number of ketones is 1. The molecular weight excluding hydrogens is 150 g/mol. The van der Waals surface area contributed by atoms with Gasteiger partial charge in [0.05, 0.1) is 6.10 Å². The second kappa shape index (κ2) is 3.72. The molecule has 0 heterocycles. The van der Waals surface area contributed by atoms with Gasteiger partial charge in [0.1, 0.15) is 0 Å². The zero-order valence-corrected chi connectivity index (χ0v) is 5.94. The van der Waals surface area contributed by atoms with Crippen LogP contribution in [0.3, 0.4) is 0 Å². The monoisotopic (exact) mass is 159 g/mol. The number of carboxylic acid groups (broad SMARTS) is 1. The predicted molar refractivity (Wildman–Crippen MR) is 36.6 cm³/mol. The van der Waals surface area contributed by atoms with Crippen molar-refractivity contribution in [1.82, 2.24) is 0 Å². The Hall–Kier alpha value is -1.36. The highest BCUT2D eigenvalue weighted by Gasteiger charge is 2.09. The summed E-state index contributed by atoms with van der Waals surface area (Å²) in [6.07, 6.45) is -0.314. The maximum atomic E-state index is 10.4. The van der Waals surface area contributed by atoms with Crippen LogP contribution in [0.25, 0.3) is 0 Å². The predicted octanol–water partition coefficient (Wildman–Crippen LogP) is -1.14. The first-order valence-corrected chi connectivity index (χ1v) is 2.87. The average molecular weight is 159 g/mol. The van der Waals surface area contributed by atoms with E-state index < -0.39 is 17.9 Å². The van der Waals surface area contributed by atoms with Gasteiger partial charge in [0.2, 0.25) is 0 Å². The summed E-state index contributed by atoms with van der Waals surface area (Å²) in [5, 5.41) is 16.8. The number of aliphatic carboxylic acids is 1. The van der Waals surface area contributed by atoms with Gasteiger partial charge in [0, 0.05) is 11.8 Å². The SMILES string of the molecule is CC(O)C(N)=CC(=O)C(=O)O. The summed E-state index contributed by atoms with van der Waals surface area (Å²) in [5.74, 6) is -2.72. The van der Waals surface area contributed by atoms with Gasteiger partial charge in [-0.1, -0.05) is 0 Å². The van der Waals surface area contributed by atoms with Crippen molar-refractivity contribution in [2.45, 2.75) is 13.0 Å². The van der Waals surface area contributed by atoms with Crippen LogP contribution in [0, 0.1) is 0 Å². The highest BCUT2D eigenvalue weighted by molar-refractivity contribution is 6.37. The molecule has 11 heavy (non-hydrogen) atoms. The van der Waals surface area contributed by atoms with E-state index >= 15 is 0 Å². The van der Waals surface area contributed by atoms with Crippen LogP contribution in [0.5, 0.6) is 0 Å². The van der Waals surface area contributed by atoms with E-state index in [2.05, 4.69) is 0 Å². The lowest BCUT2D eigenvalue weighted by Crippen LogP contribution is -2.18. The molecule has 0 rings (SSSR count). The molecule has 0 aliphatic heterocycles. The average Bonchev–Trinajstić information content (AvgIpc) is 1.87. The Balaban J connectivity index is 4.32. The number of hydrogen-bond acceptors (Lipinski definition) is 4. The molecule has 5 heteroatoms. The van der Waals surface area contributed by atoms with Gasteiger partial charge in [0.15, 0.2) is 0 Å². The quantitative estimate of drug-likeness (QED) is 0.357. The minimum absolute atomic E-state index is 0.155. The zero-order valence-electron chi connectivity index (χ0n) is 5.94. The third-order valence-corrected chi connectivity index (χ3v) is 0.991. The number of carbonyl (C=O) groups excluding carboxylic acids is 1. The van der Waals surface area contributed by atoms with Gasteiger partial charge >= 0.3 is 5.97 Å².